The van der Waals surface area contributed by atoms with E-state index in [1.807, 2.05) is 6.33 Å². The van der Waals surface area contributed by atoms with Crippen molar-refractivity contribution in [3.8, 4) is 0 Å². The summed E-state index contributed by atoms with van der Waals surface area (Å²) in [5.41, 5.74) is 5.90. The largest absolute Gasteiger partial charge is 0.390 e. The zero-order chi connectivity index (χ0) is 18.8. The van der Waals surface area contributed by atoms with E-state index in [9.17, 15) is 5.11 Å². The molecule has 1 aliphatic rings. The Balaban J connectivity index is 1.34. The molecule has 0 spiro atoms. The SMILES string of the molecule is Cc1cc2ncn(CC(O)CN3CCN(c4ccccc4)CC3)c2cc1C. The highest BCUT2D eigenvalue weighted by molar-refractivity contribution is 5.77. The maximum absolute atomic E-state index is 10.6. The second-order valence-corrected chi connectivity index (χ2v) is 7.60. The number of imidazole rings is 1. The highest BCUT2D eigenvalue weighted by Gasteiger charge is 2.20. The molecule has 0 bridgehead atoms. The maximum Gasteiger partial charge on any atom is 0.0959 e. The second-order valence-electron chi connectivity index (χ2n) is 7.60. The zero-order valence-corrected chi connectivity index (χ0v) is 16.2. The van der Waals surface area contributed by atoms with Crippen molar-refractivity contribution >= 4 is 16.7 Å². The number of β-amino-alcohol motifs (C(OH)–C–C–N with tert-alkyl or cyclic N) is 1. The van der Waals surface area contributed by atoms with Gasteiger partial charge in [0.1, 0.15) is 0 Å². The number of aromatic nitrogens is 2. The van der Waals surface area contributed by atoms with Gasteiger partial charge in [-0.15, -0.1) is 0 Å². The minimum absolute atomic E-state index is 0.396. The molecule has 1 N–H and O–H groups in total. The van der Waals surface area contributed by atoms with Gasteiger partial charge in [0, 0.05) is 38.4 Å². The monoisotopic (exact) mass is 364 g/mol. The van der Waals surface area contributed by atoms with Crippen LogP contribution in [0.5, 0.6) is 0 Å². The normalized spacial score (nSPS) is 16.8. The number of hydrogen-bond donors (Lipinski definition) is 1. The van der Waals surface area contributed by atoms with Crippen LogP contribution in [-0.4, -0.2) is 58.4 Å². The lowest BCUT2D eigenvalue weighted by Crippen LogP contribution is -2.49. The van der Waals surface area contributed by atoms with Crippen molar-refractivity contribution in [1.29, 1.82) is 0 Å². The van der Waals surface area contributed by atoms with Crippen LogP contribution in [-0.2, 0) is 6.54 Å². The van der Waals surface area contributed by atoms with E-state index in [1.54, 1.807) is 0 Å². The van der Waals surface area contributed by atoms with Crippen molar-refractivity contribution in [2.75, 3.05) is 37.6 Å². The van der Waals surface area contributed by atoms with Crippen LogP contribution in [0, 0.1) is 13.8 Å². The zero-order valence-electron chi connectivity index (χ0n) is 16.2. The van der Waals surface area contributed by atoms with Crippen LogP contribution >= 0.6 is 0 Å². The van der Waals surface area contributed by atoms with E-state index in [1.165, 1.54) is 16.8 Å². The molecule has 1 fully saturated rings. The topological polar surface area (TPSA) is 44.5 Å². The van der Waals surface area contributed by atoms with Crippen LogP contribution in [0.2, 0.25) is 0 Å². The van der Waals surface area contributed by atoms with Crippen LogP contribution in [0.3, 0.4) is 0 Å². The third-order valence-corrected chi connectivity index (χ3v) is 5.61. The molecule has 2 heterocycles. The van der Waals surface area contributed by atoms with Gasteiger partial charge in [0.2, 0.25) is 0 Å². The van der Waals surface area contributed by atoms with Crippen molar-refractivity contribution in [2.45, 2.75) is 26.5 Å². The van der Waals surface area contributed by atoms with Gasteiger partial charge in [-0.3, -0.25) is 4.90 Å². The van der Waals surface area contributed by atoms with Gasteiger partial charge in [-0.1, -0.05) is 18.2 Å². The van der Waals surface area contributed by atoms with Crippen LogP contribution in [0.4, 0.5) is 5.69 Å². The Hall–Kier alpha value is -2.37. The number of benzene rings is 2. The van der Waals surface area contributed by atoms with Crippen LogP contribution < -0.4 is 4.90 Å². The highest BCUT2D eigenvalue weighted by Crippen LogP contribution is 2.19. The van der Waals surface area contributed by atoms with E-state index >= 15 is 0 Å². The molecule has 5 nitrogen and oxygen atoms in total. The number of fused-ring (bicyclic) bond motifs is 1. The Kier molecular flexibility index (Phi) is 5.14. The van der Waals surface area contributed by atoms with Crippen molar-refractivity contribution in [3.05, 3.63) is 59.9 Å². The molecule has 1 aliphatic heterocycles. The molecule has 3 aromatic rings. The van der Waals surface area contributed by atoms with Crippen molar-refractivity contribution in [3.63, 3.8) is 0 Å². The molecule has 1 unspecified atom stereocenters. The molecule has 0 radical (unpaired) electrons. The van der Waals surface area contributed by atoms with E-state index in [4.69, 9.17) is 0 Å². The van der Waals surface area contributed by atoms with E-state index in [0.29, 0.717) is 13.1 Å². The predicted molar refractivity (Wildman–Crippen MR) is 110 cm³/mol. The third-order valence-electron chi connectivity index (χ3n) is 5.61. The number of rotatable bonds is 5. The van der Waals surface area contributed by atoms with Gasteiger partial charge in [-0.25, -0.2) is 4.98 Å². The molecule has 142 valence electrons. The Morgan fingerprint density at radius 1 is 0.963 bits per heavy atom. The fraction of sp³-hybridized carbons (Fsp3) is 0.409. The molecule has 0 saturated carbocycles. The first-order valence-corrected chi connectivity index (χ1v) is 9.72. The Bertz CT molecular complexity index is 897. The molecule has 2 aromatic carbocycles. The second kappa shape index (κ2) is 7.71. The van der Waals surface area contributed by atoms with Gasteiger partial charge < -0.3 is 14.6 Å². The summed E-state index contributed by atoms with van der Waals surface area (Å²) in [5.74, 6) is 0. The smallest absolute Gasteiger partial charge is 0.0959 e. The molecule has 4 rings (SSSR count). The Morgan fingerprint density at radius 3 is 2.41 bits per heavy atom. The summed E-state index contributed by atoms with van der Waals surface area (Å²) in [5, 5.41) is 10.6. The number of piperazine rings is 1. The van der Waals surface area contributed by atoms with Crippen molar-refractivity contribution in [1.82, 2.24) is 14.5 Å². The van der Waals surface area contributed by atoms with Gasteiger partial charge in [-0.2, -0.15) is 0 Å². The Morgan fingerprint density at radius 2 is 1.67 bits per heavy atom. The molecular formula is C22H28N4O. The van der Waals surface area contributed by atoms with E-state index < -0.39 is 6.10 Å². The number of aliphatic hydroxyl groups is 1. The summed E-state index contributed by atoms with van der Waals surface area (Å²) in [6, 6.07) is 14.9. The fourth-order valence-corrected chi connectivity index (χ4v) is 3.87. The standard InChI is InChI=1S/C22H28N4O/c1-17-12-21-22(13-18(17)2)26(16-23-21)15-20(27)14-24-8-10-25(11-9-24)19-6-4-3-5-7-19/h3-7,12-13,16,20,27H,8-11,14-15H2,1-2H3. The molecule has 27 heavy (non-hydrogen) atoms. The molecule has 0 amide bonds. The average molecular weight is 364 g/mol. The first kappa shape index (κ1) is 18.0. The summed E-state index contributed by atoms with van der Waals surface area (Å²) in [4.78, 5) is 9.27. The fourth-order valence-electron chi connectivity index (χ4n) is 3.87. The van der Waals surface area contributed by atoms with Gasteiger partial charge in [0.15, 0.2) is 0 Å². The molecule has 0 aliphatic carbocycles. The number of para-hydroxylation sites is 1. The summed E-state index contributed by atoms with van der Waals surface area (Å²) in [7, 11) is 0. The van der Waals surface area contributed by atoms with Gasteiger partial charge in [-0.05, 0) is 49.2 Å². The quantitative estimate of drug-likeness (QED) is 0.756. The molecular weight excluding hydrogens is 336 g/mol. The van der Waals surface area contributed by atoms with E-state index in [-0.39, 0.29) is 0 Å². The number of nitrogens with zero attached hydrogens (tertiary/aromatic N) is 4. The van der Waals surface area contributed by atoms with Crippen LogP contribution in [0.1, 0.15) is 11.1 Å². The first-order valence-electron chi connectivity index (χ1n) is 9.72. The van der Waals surface area contributed by atoms with Crippen LogP contribution in [0.25, 0.3) is 11.0 Å². The van der Waals surface area contributed by atoms with Gasteiger partial charge in [0.25, 0.3) is 0 Å². The third kappa shape index (κ3) is 3.99. The maximum atomic E-state index is 10.6. The van der Waals surface area contributed by atoms with Crippen molar-refractivity contribution < 1.29 is 5.11 Å². The van der Waals surface area contributed by atoms with Crippen molar-refractivity contribution in [2.24, 2.45) is 0 Å². The van der Waals surface area contributed by atoms with Gasteiger partial charge in [0.05, 0.1) is 30.0 Å². The molecule has 1 saturated heterocycles. The highest BCUT2D eigenvalue weighted by atomic mass is 16.3. The lowest BCUT2D eigenvalue weighted by atomic mass is 10.1. The van der Waals surface area contributed by atoms with E-state index in [2.05, 4.69) is 75.7 Å². The molecule has 5 heteroatoms. The average Bonchev–Trinajstić information content (AvgIpc) is 3.05. The molecule has 1 aromatic heterocycles. The van der Waals surface area contributed by atoms with Gasteiger partial charge >= 0.3 is 0 Å². The van der Waals surface area contributed by atoms with E-state index in [0.717, 1.165) is 37.2 Å². The summed E-state index contributed by atoms with van der Waals surface area (Å²) in [6.45, 7) is 9.48. The summed E-state index contributed by atoms with van der Waals surface area (Å²) < 4.78 is 2.08. The minimum Gasteiger partial charge on any atom is -0.390 e. The first-order chi connectivity index (χ1) is 13.1. The number of aryl methyl sites for hydroxylation is 2. The predicted octanol–water partition coefficient (Wildman–Crippen LogP) is 2.84. The Labute approximate surface area is 160 Å². The lowest BCUT2D eigenvalue weighted by molar-refractivity contribution is 0.0959. The summed E-state index contributed by atoms with van der Waals surface area (Å²) in [6.07, 6.45) is 1.45. The lowest BCUT2D eigenvalue weighted by Gasteiger charge is -2.37. The molecule has 1 atom stereocenters. The number of hydrogen-bond acceptors (Lipinski definition) is 4. The van der Waals surface area contributed by atoms with Crippen LogP contribution in [0.15, 0.2) is 48.8 Å². The minimum atomic E-state index is -0.396. The number of aliphatic hydroxyl groups excluding tert-OH is 1. The summed E-state index contributed by atoms with van der Waals surface area (Å²) >= 11 is 0. The number of anilines is 1.